The summed E-state index contributed by atoms with van der Waals surface area (Å²) in [5, 5.41) is 2.96. The monoisotopic (exact) mass is 400 g/mol. The van der Waals surface area contributed by atoms with Gasteiger partial charge in [0.25, 0.3) is 5.91 Å². The van der Waals surface area contributed by atoms with E-state index in [1.54, 1.807) is 22.9 Å². The number of imidazole rings is 1. The summed E-state index contributed by atoms with van der Waals surface area (Å²) in [6, 6.07) is 16.8. The fourth-order valence-corrected chi connectivity index (χ4v) is 3.62. The van der Waals surface area contributed by atoms with Crippen LogP contribution in [0.3, 0.4) is 0 Å². The Hall–Kier alpha value is -3.67. The Balaban J connectivity index is 1.78. The zero-order valence-corrected chi connectivity index (χ0v) is 17.3. The smallest absolute Gasteiger partial charge is 0.322 e. The van der Waals surface area contributed by atoms with E-state index < -0.39 is 0 Å². The van der Waals surface area contributed by atoms with Gasteiger partial charge in [0, 0.05) is 29.1 Å². The molecule has 2 N–H and O–H groups in total. The van der Waals surface area contributed by atoms with Crippen molar-refractivity contribution in [2.45, 2.75) is 33.2 Å². The highest BCUT2D eigenvalue weighted by molar-refractivity contribution is 6.04. The van der Waals surface area contributed by atoms with Crippen LogP contribution in [0.25, 0.3) is 22.3 Å². The molecule has 0 saturated heterocycles. The SMILES string of the molecule is CCC(C)n1c(=O)[nH]c2c(-c3cc(NC(=O)c4ccccc4)ccc3C)ccnc21. The highest BCUT2D eigenvalue weighted by Gasteiger charge is 2.17. The van der Waals surface area contributed by atoms with Crippen molar-refractivity contribution in [1.82, 2.24) is 14.5 Å². The molecule has 6 nitrogen and oxygen atoms in total. The van der Waals surface area contributed by atoms with E-state index in [-0.39, 0.29) is 17.6 Å². The number of hydrogen-bond donors (Lipinski definition) is 2. The Morgan fingerprint density at radius 3 is 2.63 bits per heavy atom. The molecule has 0 radical (unpaired) electrons. The topological polar surface area (TPSA) is 79.8 Å². The van der Waals surface area contributed by atoms with Gasteiger partial charge in [0.2, 0.25) is 0 Å². The molecule has 6 heteroatoms. The lowest BCUT2D eigenvalue weighted by Crippen LogP contribution is -2.20. The molecule has 0 aliphatic carbocycles. The van der Waals surface area contributed by atoms with Gasteiger partial charge in [-0.3, -0.25) is 9.36 Å². The molecule has 1 atom stereocenters. The molecule has 1 amide bonds. The summed E-state index contributed by atoms with van der Waals surface area (Å²) in [6.07, 6.45) is 2.55. The molecule has 4 rings (SSSR count). The van der Waals surface area contributed by atoms with Gasteiger partial charge in [0.05, 0.1) is 5.52 Å². The number of aromatic amines is 1. The molecule has 0 aliphatic heterocycles. The first-order chi connectivity index (χ1) is 14.5. The third-order valence-electron chi connectivity index (χ3n) is 5.46. The van der Waals surface area contributed by atoms with Gasteiger partial charge in [-0.1, -0.05) is 31.2 Å². The van der Waals surface area contributed by atoms with Crippen molar-refractivity contribution in [3.63, 3.8) is 0 Å². The summed E-state index contributed by atoms with van der Waals surface area (Å²) in [6.45, 7) is 6.06. The van der Waals surface area contributed by atoms with Gasteiger partial charge in [-0.05, 0) is 61.7 Å². The van der Waals surface area contributed by atoms with Crippen LogP contribution in [0.15, 0.2) is 65.6 Å². The number of hydrogen-bond acceptors (Lipinski definition) is 3. The molecule has 152 valence electrons. The maximum atomic E-state index is 12.6. The maximum absolute atomic E-state index is 12.6. The first kappa shape index (κ1) is 19.6. The summed E-state index contributed by atoms with van der Waals surface area (Å²) in [4.78, 5) is 32.6. The van der Waals surface area contributed by atoms with Crippen LogP contribution < -0.4 is 11.0 Å². The van der Waals surface area contributed by atoms with Crippen LogP contribution in [-0.4, -0.2) is 20.4 Å². The molecule has 0 bridgehead atoms. The Morgan fingerprint density at radius 1 is 1.13 bits per heavy atom. The molecule has 2 heterocycles. The van der Waals surface area contributed by atoms with E-state index in [1.165, 1.54) is 0 Å². The summed E-state index contributed by atoms with van der Waals surface area (Å²) in [5.74, 6) is -0.165. The van der Waals surface area contributed by atoms with Gasteiger partial charge in [-0.25, -0.2) is 9.78 Å². The zero-order chi connectivity index (χ0) is 21.3. The van der Waals surface area contributed by atoms with Crippen LogP contribution in [0.4, 0.5) is 5.69 Å². The van der Waals surface area contributed by atoms with Crippen LogP contribution in [0.2, 0.25) is 0 Å². The van der Waals surface area contributed by atoms with Crippen LogP contribution >= 0.6 is 0 Å². The standard InChI is InChI=1S/C24H24N4O2/c1-4-16(3)28-22-21(27-24(28)30)19(12-13-25-22)20-14-18(11-10-15(20)2)26-23(29)17-8-6-5-7-9-17/h5-14,16H,4H2,1-3H3,(H,26,29)(H,27,30). The predicted molar refractivity (Wildman–Crippen MR) is 120 cm³/mol. The summed E-state index contributed by atoms with van der Waals surface area (Å²) >= 11 is 0. The largest absolute Gasteiger partial charge is 0.327 e. The van der Waals surface area contributed by atoms with E-state index in [9.17, 15) is 9.59 Å². The molecule has 0 aliphatic rings. The zero-order valence-electron chi connectivity index (χ0n) is 17.3. The number of fused-ring (bicyclic) bond motifs is 1. The van der Waals surface area contributed by atoms with Gasteiger partial charge in [0.15, 0.2) is 5.65 Å². The number of rotatable bonds is 5. The number of aryl methyl sites for hydroxylation is 1. The first-order valence-electron chi connectivity index (χ1n) is 10.1. The molecule has 4 aromatic rings. The van der Waals surface area contributed by atoms with Gasteiger partial charge < -0.3 is 10.3 Å². The lowest BCUT2D eigenvalue weighted by molar-refractivity contribution is 0.102. The number of anilines is 1. The normalized spacial score (nSPS) is 12.1. The number of amides is 1. The molecule has 1 unspecified atom stereocenters. The number of carbonyl (C=O) groups is 1. The van der Waals surface area contributed by atoms with E-state index in [1.807, 2.05) is 63.2 Å². The fraction of sp³-hybridized carbons (Fsp3) is 0.208. The van der Waals surface area contributed by atoms with Crippen molar-refractivity contribution >= 4 is 22.8 Å². The van der Waals surface area contributed by atoms with Crippen molar-refractivity contribution < 1.29 is 4.79 Å². The minimum absolute atomic E-state index is 0.0478. The number of nitrogens with zero attached hydrogens (tertiary/aromatic N) is 2. The van der Waals surface area contributed by atoms with Gasteiger partial charge in [-0.15, -0.1) is 0 Å². The second-order valence-corrected chi connectivity index (χ2v) is 7.46. The Bertz CT molecular complexity index is 1270. The molecule has 0 spiro atoms. The number of aromatic nitrogens is 3. The van der Waals surface area contributed by atoms with E-state index in [2.05, 4.69) is 15.3 Å². The second kappa shape index (κ2) is 7.99. The summed E-state index contributed by atoms with van der Waals surface area (Å²) < 4.78 is 1.70. The Kier molecular flexibility index (Phi) is 5.23. The average molecular weight is 400 g/mol. The van der Waals surface area contributed by atoms with E-state index >= 15 is 0 Å². The van der Waals surface area contributed by atoms with Crippen LogP contribution in [0, 0.1) is 6.92 Å². The third-order valence-corrected chi connectivity index (χ3v) is 5.46. The quantitative estimate of drug-likeness (QED) is 0.499. The highest BCUT2D eigenvalue weighted by atomic mass is 16.2. The Morgan fingerprint density at radius 2 is 1.90 bits per heavy atom. The van der Waals surface area contributed by atoms with Crippen molar-refractivity contribution in [3.05, 3.63) is 82.4 Å². The predicted octanol–water partition coefficient (Wildman–Crippen LogP) is 4.92. The van der Waals surface area contributed by atoms with Crippen LogP contribution in [-0.2, 0) is 0 Å². The highest BCUT2D eigenvalue weighted by Crippen LogP contribution is 2.31. The fourth-order valence-electron chi connectivity index (χ4n) is 3.62. The van der Waals surface area contributed by atoms with Crippen molar-refractivity contribution in [1.29, 1.82) is 0 Å². The van der Waals surface area contributed by atoms with E-state index in [4.69, 9.17) is 0 Å². The number of carbonyl (C=O) groups excluding carboxylic acids is 1. The molecular weight excluding hydrogens is 376 g/mol. The number of nitrogens with one attached hydrogen (secondary N) is 2. The van der Waals surface area contributed by atoms with Gasteiger partial charge in [-0.2, -0.15) is 0 Å². The number of pyridine rings is 1. The molecule has 2 aromatic heterocycles. The molecule has 0 saturated carbocycles. The summed E-state index contributed by atoms with van der Waals surface area (Å²) in [7, 11) is 0. The number of benzene rings is 2. The van der Waals surface area contributed by atoms with E-state index in [0.717, 1.165) is 23.1 Å². The van der Waals surface area contributed by atoms with Crippen LogP contribution in [0.5, 0.6) is 0 Å². The first-order valence-corrected chi connectivity index (χ1v) is 10.1. The van der Waals surface area contributed by atoms with Crippen molar-refractivity contribution in [2.24, 2.45) is 0 Å². The van der Waals surface area contributed by atoms with Crippen molar-refractivity contribution in [2.75, 3.05) is 5.32 Å². The minimum atomic E-state index is -0.165. The van der Waals surface area contributed by atoms with Crippen molar-refractivity contribution in [3.8, 4) is 11.1 Å². The number of H-pyrrole nitrogens is 1. The maximum Gasteiger partial charge on any atom is 0.327 e. The second-order valence-electron chi connectivity index (χ2n) is 7.46. The lowest BCUT2D eigenvalue weighted by atomic mass is 9.99. The Labute approximate surface area is 174 Å². The van der Waals surface area contributed by atoms with Gasteiger partial charge in [0.1, 0.15) is 0 Å². The van der Waals surface area contributed by atoms with E-state index in [0.29, 0.717) is 22.4 Å². The molecule has 2 aromatic carbocycles. The lowest BCUT2D eigenvalue weighted by Gasteiger charge is -2.12. The molecule has 30 heavy (non-hydrogen) atoms. The third kappa shape index (κ3) is 3.52. The molecular formula is C24H24N4O2. The van der Waals surface area contributed by atoms with Crippen LogP contribution in [0.1, 0.15) is 42.2 Å². The summed E-state index contributed by atoms with van der Waals surface area (Å²) in [5.41, 5.74) is 5.34. The van der Waals surface area contributed by atoms with Gasteiger partial charge >= 0.3 is 5.69 Å². The molecule has 0 fully saturated rings. The average Bonchev–Trinajstić information content (AvgIpc) is 3.11. The minimum Gasteiger partial charge on any atom is -0.322 e.